The zero-order valence-electron chi connectivity index (χ0n) is 18.3. The summed E-state index contributed by atoms with van der Waals surface area (Å²) >= 11 is 0. The Morgan fingerprint density at radius 1 is 0.844 bits per heavy atom. The van der Waals surface area contributed by atoms with Gasteiger partial charge in [-0.2, -0.15) is 0 Å². The Bertz CT molecular complexity index is 1200. The SMILES string of the molecule is COc1ccc(C(=O)N2C[C@@H]3C[C@H](C2)c2ccc(-c4ccc(OC)cc4)c(=O)n2C3)cc1. The number of likely N-dealkylation sites (tertiary alicyclic amines) is 1. The highest BCUT2D eigenvalue weighted by atomic mass is 16.5. The molecule has 0 aliphatic carbocycles. The van der Waals surface area contributed by atoms with Gasteiger partial charge in [0.05, 0.1) is 14.2 Å². The van der Waals surface area contributed by atoms with E-state index >= 15 is 0 Å². The van der Waals surface area contributed by atoms with Gasteiger partial charge in [0.25, 0.3) is 11.5 Å². The molecule has 2 aliphatic heterocycles. The molecule has 2 aliphatic rings. The lowest BCUT2D eigenvalue weighted by Gasteiger charge is -2.43. The second-order valence-electron chi connectivity index (χ2n) is 8.55. The van der Waals surface area contributed by atoms with E-state index in [-0.39, 0.29) is 23.3 Å². The molecule has 2 atom stereocenters. The minimum Gasteiger partial charge on any atom is -0.497 e. The molecule has 1 fully saturated rings. The van der Waals surface area contributed by atoms with Gasteiger partial charge in [-0.1, -0.05) is 12.1 Å². The molecule has 6 heteroatoms. The smallest absolute Gasteiger partial charge is 0.258 e. The lowest BCUT2D eigenvalue weighted by molar-refractivity contribution is 0.0594. The van der Waals surface area contributed by atoms with Crippen molar-refractivity contribution in [1.82, 2.24) is 9.47 Å². The second kappa shape index (κ2) is 8.19. The van der Waals surface area contributed by atoms with Crippen LogP contribution in [0.15, 0.2) is 65.5 Å². The Hall–Kier alpha value is -3.54. The largest absolute Gasteiger partial charge is 0.497 e. The third-order valence-electron chi connectivity index (χ3n) is 6.63. The maximum Gasteiger partial charge on any atom is 0.258 e. The first-order valence-electron chi connectivity index (χ1n) is 10.9. The van der Waals surface area contributed by atoms with Crippen LogP contribution in [-0.2, 0) is 6.54 Å². The summed E-state index contributed by atoms with van der Waals surface area (Å²) < 4.78 is 12.3. The van der Waals surface area contributed by atoms with E-state index in [0.717, 1.165) is 29.2 Å². The number of fused-ring (bicyclic) bond motifs is 4. The Morgan fingerprint density at radius 3 is 2.16 bits per heavy atom. The van der Waals surface area contributed by atoms with Crippen LogP contribution in [0.2, 0.25) is 0 Å². The average Bonchev–Trinajstić information content (AvgIpc) is 2.84. The van der Waals surface area contributed by atoms with E-state index < -0.39 is 0 Å². The van der Waals surface area contributed by atoms with Crippen LogP contribution >= 0.6 is 0 Å². The summed E-state index contributed by atoms with van der Waals surface area (Å²) in [5, 5.41) is 0. The summed E-state index contributed by atoms with van der Waals surface area (Å²) in [6.07, 6.45) is 1.01. The van der Waals surface area contributed by atoms with E-state index in [1.54, 1.807) is 14.2 Å². The summed E-state index contributed by atoms with van der Waals surface area (Å²) in [5.74, 6) is 1.98. The van der Waals surface area contributed by atoms with Crippen LogP contribution in [0.4, 0.5) is 0 Å². The summed E-state index contributed by atoms with van der Waals surface area (Å²) in [4.78, 5) is 28.4. The number of aromatic nitrogens is 1. The molecule has 3 aromatic rings. The van der Waals surface area contributed by atoms with Crippen LogP contribution in [-0.4, -0.2) is 42.7 Å². The Labute approximate surface area is 187 Å². The van der Waals surface area contributed by atoms with E-state index in [9.17, 15) is 9.59 Å². The highest BCUT2D eigenvalue weighted by Gasteiger charge is 2.37. The highest BCUT2D eigenvalue weighted by molar-refractivity contribution is 5.94. The van der Waals surface area contributed by atoms with Crippen molar-refractivity contribution >= 4 is 5.91 Å². The van der Waals surface area contributed by atoms with Gasteiger partial charge in [-0.25, -0.2) is 0 Å². The Balaban J connectivity index is 1.41. The van der Waals surface area contributed by atoms with Gasteiger partial charge < -0.3 is 18.9 Å². The zero-order chi connectivity index (χ0) is 22.2. The second-order valence-corrected chi connectivity index (χ2v) is 8.55. The summed E-state index contributed by atoms with van der Waals surface area (Å²) in [7, 11) is 3.24. The molecule has 2 bridgehead atoms. The lowest BCUT2D eigenvalue weighted by atomic mass is 9.82. The van der Waals surface area contributed by atoms with E-state index in [2.05, 4.69) is 6.07 Å². The topological polar surface area (TPSA) is 60.8 Å². The molecule has 0 saturated carbocycles. The fourth-order valence-corrected chi connectivity index (χ4v) is 5.02. The molecule has 0 radical (unpaired) electrons. The average molecular weight is 431 g/mol. The van der Waals surface area contributed by atoms with Crippen LogP contribution < -0.4 is 15.0 Å². The fourth-order valence-electron chi connectivity index (χ4n) is 5.02. The zero-order valence-corrected chi connectivity index (χ0v) is 18.3. The first-order chi connectivity index (χ1) is 15.6. The molecule has 6 nitrogen and oxygen atoms in total. The van der Waals surface area contributed by atoms with Gasteiger partial charge in [0, 0.05) is 42.4 Å². The van der Waals surface area contributed by atoms with Gasteiger partial charge in [0.1, 0.15) is 11.5 Å². The first kappa shape index (κ1) is 20.4. The van der Waals surface area contributed by atoms with Crippen LogP contribution in [0.3, 0.4) is 0 Å². The molecule has 3 heterocycles. The third-order valence-corrected chi connectivity index (χ3v) is 6.63. The normalized spacial score (nSPS) is 19.2. The molecule has 0 spiro atoms. The minimum atomic E-state index is 0.0352. The Morgan fingerprint density at radius 2 is 1.50 bits per heavy atom. The number of nitrogens with zero attached hydrogens (tertiary/aromatic N) is 2. The van der Waals surface area contributed by atoms with Gasteiger partial charge in [-0.05, 0) is 66.4 Å². The molecule has 5 rings (SSSR count). The molecule has 0 unspecified atom stereocenters. The fraction of sp³-hybridized carbons (Fsp3) is 0.308. The van der Waals surface area contributed by atoms with Crippen molar-refractivity contribution in [2.24, 2.45) is 5.92 Å². The number of hydrogen-bond donors (Lipinski definition) is 0. The Kier molecular flexibility index (Phi) is 5.21. The minimum absolute atomic E-state index is 0.0352. The van der Waals surface area contributed by atoms with E-state index in [0.29, 0.717) is 30.8 Å². The lowest BCUT2D eigenvalue weighted by Crippen LogP contribution is -2.49. The number of methoxy groups -OCH3 is 2. The maximum absolute atomic E-state index is 13.3. The number of rotatable bonds is 4. The number of carbonyl (C=O) groups is 1. The highest BCUT2D eigenvalue weighted by Crippen LogP contribution is 2.36. The quantitative estimate of drug-likeness (QED) is 0.632. The molecule has 1 amide bonds. The number of benzene rings is 2. The van der Waals surface area contributed by atoms with Crippen LogP contribution in [0.1, 0.15) is 28.4 Å². The molecule has 0 N–H and O–H groups in total. The number of pyridine rings is 1. The summed E-state index contributed by atoms with van der Waals surface area (Å²) in [6.45, 7) is 1.93. The predicted octanol–water partition coefficient (Wildman–Crippen LogP) is 3.79. The maximum atomic E-state index is 13.3. The number of amides is 1. The van der Waals surface area contributed by atoms with E-state index in [1.165, 1.54) is 0 Å². The van der Waals surface area contributed by atoms with E-state index in [4.69, 9.17) is 9.47 Å². The standard InChI is InChI=1S/C26H26N2O4/c1-31-21-7-3-18(4-8-21)23-11-12-24-20-13-17(15-28(24)26(23)30)14-27(16-20)25(29)19-5-9-22(32-2)10-6-19/h3-12,17,20H,13-16H2,1-2H3/t17-,20+/m0/s1. The summed E-state index contributed by atoms with van der Waals surface area (Å²) in [5.41, 5.74) is 3.31. The first-order valence-corrected chi connectivity index (χ1v) is 10.9. The number of hydrogen-bond acceptors (Lipinski definition) is 4. The van der Waals surface area contributed by atoms with Crippen molar-refractivity contribution in [3.8, 4) is 22.6 Å². The van der Waals surface area contributed by atoms with Gasteiger partial charge in [0.2, 0.25) is 0 Å². The monoisotopic (exact) mass is 430 g/mol. The molecular formula is C26H26N2O4. The number of piperidine rings is 1. The van der Waals surface area contributed by atoms with Crippen LogP contribution in [0.5, 0.6) is 11.5 Å². The van der Waals surface area contributed by atoms with Crippen molar-refractivity contribution in [3.63, 3.8) is 0 Å². The molecule has 2 aromatic carbocycles. The van der Waals surface area contributed by atoms with Gasteiger partial charge in [-0.15, -0.1) is 0 Å². The van der Waals surface area contributed by atoms with Crippen molar-refractivity contribution in [2.75, 3.05) is 27.3 Å². The summed E-state index contributed by atoms with van der Waals surface area (Å²) in [6, 6.07) is 18.8. The third kappa shape index (κ3) is 3.55. The molecule has 164 valence electrons. The van der Waals surface area contributed by atoms with E-state index in [1.807, 2.05) is 64.1 Å². The molecule has 1 saturated heterocycles. The van der Waals surface area contributed by atoms with Gasteiger partial charge in [0.15, 0.2) is 0 Å². The van der Waals surface area contributed by atoms with Crippen molar-refractivity contribution < 1.29 is 14.3 Å². The van der Waals surface area contributed by atoms with Crippen molar-refractivity contribution in [3.05, 3.63) is 82.3 Å². The molecule has 1 aromatic heterocycles. The number of carbonyl (C=O) groups excluding carboxylic acids is 1. The van der Waals surface area contributed by atoms with Gasteiger partial charge >= 0.3 is 0 Å². The van der Waals surface area contributed by atoms with Crippen LogP contribution in [0.25, 0.3) is 11.1 Å². The molecular weight excluding hydrogens is 404 g/mol. The van der Waals surface area contributed by atoms with Gasteiger partial charge in [-0.3, -0.25) is 9.59 Å². The van der Waals surface area contributed by atoms with Crippen LogP contribution in [0, 0.1) is 5.92 Å². The van der Waals surface area contributed by atoms with Crippen molar-refractivity contribution in [2.45, 2.75) is 18.9 Å². The van der Waals surface area contributed by atoms with Crippen molar-refractivity contribution in [1.29, 1.82) is 0 Å². The molecule has 32 heavy (non-hydrogen) atoms. The predicted molar refractivity (Wildman–Crippen MR) is 122 cm³/mol. The number of ether oxygens (including phenoxy) is 2.